The molecule has 11 nitrogen and oxygen atoms in total. The molecule has 1 aliphatic carbocycles. The number of nitrogens with one attached hydrogen (secondary N) is 2. The Balaban J connectivity index is 1.16. The molecule has 44 heavy (non-hydrogen) atoms. The summed E-state index contributed by atoms with van der Waals surface area (Å²) in [4.78, 5) is 29.6. The molecule has 3 aromatic heterocycles. The Morgan fingerprint density at radius 1 is 1.09 bits per heavy atom. The van der Waals surface area contributed by atoms with Crippen LogP contribution in [0.3, 0.4) is 0 Å². The van der Waals surface area contributed by atoms with E-state index in [0.29, 0.717) is 41.2 Å². The van der Waals surface area contributed by atoms with Crippen molar-refractivity contribution in [2.75, 3.05) is 48.8 Å². The van der Waals surface area contributed by atoms with Gasteiger partial charge in [-0.2, -0.15) is 13.2 Å². The van der Waals surface area contributed by atoms with Crippen LogP contribution in [0.25, 0.3) is 10.6 Å². The van der Waals surface area contributed by atoms with Gasteiger partial charge in [-0.3, -0.25) is 4.79 Å². The number of sulfone groups is 1. The molecule has 5 aliphatic rings. The van der Waals surface area contributed by atoms with E-state index in [2.05, 4.69) is 36.6 Å². The predicted molar refractivity (Wildman–Crippen MR) is 155 cm³/mol. The summed E-state index contributed by atoms with van der Waals surface area (Å²) < 4.78 is 74.1. The van der Waals surface area contributed by atoms with Gasteiger partial charge in [-0.05, 0) is 42.9 Å². The molecule has 1 saturated carbocycles. The number of amides is 1. The van der Waals surface area contributed by atoms with Crippen molar-refractivity contribution in [1.29, 1.82) is 0 Å². The Morgan fingerprint density at radius 2 is 1.91 bits per heavy atom. The first-order valence-corrected chi connectivity index (χ1v) is 17.0. The van der Waals surface area contributed by atoms with Crippen LogP contribution in [0.5, 0.6) is 0 Å². The van der Waals surface area contributed by atoms with Gasteiger partial charge >= 0.3 is 6.18 Å². The standard InChI is InChI=1S/C28H28F3N7O4S2/c29-28(30,31)19-9-34-27(35-20-10-33-23(6-18(20)14-1-2-14)38-11-15-5-16(38)8-32-15)36-24(19)21-7-22-25(43-21)26(39)37(17-12-42-13-17)3-4-44(22,40)41/h6-7,9-10,14-17,32H,1-5,8,11-13H2,(H,34,35,36)/t15-,16-/m1/s1. The molecule has 4 aliphatic heterocycles. The second-order valence-electron chi connectivity index (χ2n) is 11.9. The number of ether oxygens (including phenoxy) is 1. The lowest BCUT2D eigenvalue weighted by atomic mass is 10.1. The first-order chi connectivity index (χ1) is 21.0. The molecule has 0 unspecified atom stereocenters. The van der Waals surface area contributed by atoms with Gasteiger partial charge in [-0.25, -0.2) is 23.4 Å². The maximum Gasteiger partial charge on any atom is 0.420 e. The molecule has 3 saturated heterocycles. The molecule has 16 heteroatoms. The van der Waals surface area contributed by atoms with E-state index in [9.17, 15) is 26.4 Å². The third-order valence-electron chi connectivity index (χ3n) is 9.01. The van der Waals surface area contributed by atoms with Crippen molar-refractivity contribution in [2.24, 2.45) is 0 Å². The fourth-order valence-corrected chi connectivity index (χ4v) is 9.35. The van der Waals surface area contributed by atoms with Crippen molar-refractivity contribution in [3.05, 3.63) is 40.5 Å². The molecule has 1 amide bonds. The Hall–Kier alpha value is -3.34. The molecule has 8 rings (SSSR count). The SMILES string of the molecule is O=C1c2sc(-c3nc(Nc4cnc(N5C[C@H]6C[C@@H]5CN6)cc4C4CC4)ncc3C(F)(F)F)cc2S(=O)(=O)CCN1C1COC1. The number of thiophene rings is 1. The zero-order chi connectivity index (χ0) is 30.4. The zero-order valence-corrected chi connectivity index (χ0v) is 24.9. The highest BCUT2D eigenvalue weighted by Crippen LogP contribution is 2.46. The van der Waals surface area contributed by atoms with Gasteiger partial charge in [-0.1, -0.05) is 0 Å². The van der Waals surface area contributed by atoms with Gasteiger partial charge in [0.2, 0.25) is 5.95 Å². The number of hydrogen-bond acceptors (Lipinski definition) is 11. The number of fused-ring (bicyclic) bond motifs is 3. The van der Waals surface area contributed by atoms with Crippen LogP contribution in [0.1, 0.15) is 46.0 Å². The van der Waals surface area contributed by atoms with E-state index in [1.54, 1.807) is 6.20 Å². The molecule has 3 aromatic rings. The van der Waals surface area contributed by atoms with Gasteiger partial charge in [0.15, 0.2) is 9.84 Å². The number of carbonyl (C=O) groups excluding carboxylic acids is 1. The van der Waals surface area contributed by atoms with Gasteiger partial charge in [0, 0.05) is 37.9 Å². The molecule has 2 atom stereocenters. The highest BCUT2D eigenvalue weighted by Gasteiger charge is 2.42. The summed E-state index contributed by atoms with van der Waals surface area (Å²) >= 11 is 0.701. The lowest BCUT2D eigenvalue weighted by Gasteiger charge is -2.36. The molecule has 4 fully saturated rings. The highest BCUT2D eigenvalue weighted by molar-refractivity contribution is 7.91. The van der Waals surface area contributed by atoms with Gasteiger partial charge in [-0.15, -0.1) is 11.3 Å². The predicted octanol–water partition coefficient (Wildman–Crippen LogP) is 3.42. The van der Waals surface area contributed by atoms with Gasteiger partial charge < -0.3 is 25.2 Å². The number of piperazine rings is 1. The number of alkyl halides is 3. The summed E-state index contributed by atoms with van der Waals surface area (Å²) in [5.41, 5.74) is 0.00720. The molecule has 0 spiro atoms. The minimum absolute atomic E-state index is 0.00660. The number of nitrogens with zero attached hydrogens (tertiary/aromatic N) is 5. The first-order valence-electron chi connectivity index (χ1n) is 14.5. The van der Waals surface area contributed by atoms with Crippen LogP contribution < -0.4 is 15.5 Å². The van der Waals surface area contributed by atoms with Crippen LogP contribution in [0, 0.1) is 0 Å². The lowest BCUT2D eigenvalue weighted by Crippen LogP contribution is -2.52. The zero-order valence-electron chi connectivity index (χ0n) is 23.3. The summed E-state index contributed by atoms with van der Waals surface area (Å²) in [6, 6.07) is 3.77. The maximum atomic E-state index is 14.2. The van der Waals surface area contributed by atoms with E-state index in [4.69, 9.17) is 4.74 Å². The fourth-order valence-electron chi connectivity index (χ4n) is 6.44. The Labute approximate surface area is 254 Å². The third kappa shape index (κ3) is 4.82. The number of rotatable bonds is 6. The molecule has 7 heterocycles. The second kappa shape index (κ2) is 10.1. The number of hydrogen-bond donors (Lipinski definition) is 2. The summed E-state index contributed by atoms with van der Waals surface area (Å²) in [7, 11) is -3.93. The average molecular weight is 648 g/mol. The van der Waals surface area contributed by atoms with E-state index >= 15 is 0 Å². The van der Waals surface area contributed by atoms with Crippen molar-refractivity contribution in [3.63, 3.8) is 0 Å². The largest absolute Gasteiger partial charge is 0.420 e. The van der Waals surface area contributed by atoms with Crippen molar-refractivity contribution < 1.29 is 31.1 Å². The van der Waals surface area contributed by atoms with Crippen molar-refractivity contribution in [2.45, 2.75) is 54.4 Å². The highest BCUT2D eigenvalue weighted by atomic mass is 32.2. The molecular weight excluding hydrogens is 619 g/mol. The van der Waals surface area contributed by atoms with Crippen LogP contribution in [0.2, 0.25) is 0 Å². The summed E-state index contributed by atoms with van der Waals surface area (Å²) in [6.07, 6.45) is 0.627. The second-order valence-corrected chi connectivity index (χ2v) is 15.1. The molecule has 0 aromatic carbocycles. The number of carbonyl (C=O) groups is 1. The summed E-state index contributed by atoms with van der Waals surface area (Å²) in [5.74, 6) is 0.241. The quantitative estimate of drug-likeness (QED) is 0.411. The summed E-state index contributed by atoms with van der Waals surface area (Å²) in [5, 5.41) is 6.57. The number of aromatic nitrogens is 3. The van der Waals surface area contributed by atoms with Crippen LogP contribution in [0.4, 0.5) is 30.6 Å². The Bertz CT molecular complexity index is 1770. The Morgan fingerprint density at radius 3 is 2.57 bits per heavy atom. The normalized spacial score (nSPS) is 24.8. The van der Waals surface area contributed by atoms with Gasteiger partial charge in [0.05, 0.1) is 52.4 Å². The molecule has 232 valence electrons. The maximum absolute atomic E-state index is 14.2. The monoisotopic (exact) mass is 647 g/mol. The number of halogens is 3. The van der Waals surface area contributed by atoms with Crippen molar-refractivity contribution in [3.8, 4) is 10.6 Å². The van der Waals surface area contributed by atoms with Crippen molar-refractivity contribution >= 4 is 44.5 Å². The minimum atomic E-state index is -4.82. The average Bonchev–Trinajstić information content (AvgIpc) is 3.36. The molecule has 2 bridgehead atoms. The first kappa shape index (κ1) is 28.2. The molecule has 0 radical (unpaired) electrons. The fraction of sp³-hybridized carbons (Fsp3) is 0.500. The van der Waals surface area contributed by atoms with Crippen LogP contribution in [0.15, 0.2) is 29.4 Å². The lowest BCUT2D eigenvalue weighted by molar-refractivity contribution is -0.137. The third-order valence-corrected chi connectivity index (χ3v) is 12.0. The summed E-state index contributed by atoms with van der Waals surface area (Å²) in [6.45, 7) is 2.36. The van der Waals surface area contributed by atoms with E-state index < -0.39 is 33.2 Å². The van der Waals surface area contributed by atoms with E-state index in [1.807, 2.05) is 0 Å². The number of pyridine rings is 1. The van der Waals surface area contributed by atoms with E-state index in [-0.39, 0.29) is 52.2 Å². The molecule has 2 N–H and O–H groups in total. The van der Waals surface area contributed by atoms with Crippen LogP contribution in [-0.2, 0) is 20.8 Å². The van der Waals surface area contributed by atoms with Crippen LogP contribution in [-0.4, -0.2) is 90.9 Å². The van der Waals surface area contributed by atoms with Gasteiger partial charge in [0.25, 0.3) is 5.91 Å². The van der Waals surface area contributed by atoms with Crippen molar-refractivity contribution in [1.82, 2.24) is 25.2 Å². The Kier molecular flexibility index (Phi) is 6.45. The van der Waals surface area contributed by atoms with Gasteiger partial charge in [0.1, 0.15) is 16.3 Å². The van der Waals surface area contributed by atoms with E-state index in [1.165, 1.54) is 4.90 Å². The molecular formula is C28H28F3N7O4S2. The van der Waals surface area contributed by atoms with Crippen LogP contribution >= 0.6 is 11.3 Å². The minimum Gasteiger partial charge on any atom is -0.377 e. The smallest absolute Gasteiger partial charge is 0.377 e. The van der Waals surface area contributed by atoms with E-state index in [0.717, 1.165) is 49.8 Å². The topological polar surface area (TPSA) is 130 Å². The number of anilines is 3.